The fraction of sp³-hybridized carbons (Fsp3) is 0.794. The number of carbonyl (C=O) groups excluding carboxylic acids is 2. The Hall–Kier alpha value is -4.41. The number of methoxy groups -OCH3 is 1. The summed E-state index contributed by atoms with van der Waals surface area (Å²) in [6.45, 7) is 28.0. The second-order valence-electron chi connectivity index (χ2n) is 25.9. The normalized spacial score (nSPS) is 35.7. The summed E-state index contributed by atoms with van der Waals surface area (Å²) in [7, 11) is 5.19. The number of oxime groups is 1. The number of alkyl carbamates (subject to hydrolysis) is 1. The lowest BCUT2D eigenvalue weighted by Crippen LogP contribution is -2.61. The molecule has 1 amide bonds. The van der Waals surface area contributed by atoms with Gasteiger partial charge in [-0.25, -0.2) is 9.59 Å². The van der Waals surface area contributed by atoms with Crippen molar-refractivity contribution < 1.29 is 87.4 Å². The van der Waals surface area contributed by atoms with Crippen LogP contribution in [0.3, 0.4) is 0 Å². The monoisotopic (exact) mass is 1230 g/mol. The van der Waals surface area contributed by atoms with Gasteiger partial charge in [-0.15, -0.1) is 0 Å². The molecule has 24 heteroatoms. The van der Waals surface area contributed by atoms with Gasteiger partial charge in [0.2, 0.25) is 5.43 Å². The van der Waals surface area contributed by atoms with Crippen molar-refractivity contribution in [2.45, 2.75) is 232 Å². The minimum atomic E-state index is -2.01. The highest BCUT2D eigenvalue weighted by Gasteiger charge is 2.54. The van der Waals surface area contributed by atoms with E-state index >= 15 is 0 Å². The number of amides is 1. The third-order valence-electron chi connectivity index (χ3n) is 18.5. The van der Waals surface area contributed by atoms with Gasteiger partial charge in [-0.05, 0) is 126 Å². The number of aliphatic hydroxyl groups excluding tert-OH is 2. The number of ether oxygens (including phenoxy) is 9. The molecule has 6 rings (SSSR count). The summed E-state index contributed by atoms with van der Waals surface area (Å²) in [6.07, 6.45) is -8.66. The van der Waals surface area contributed by atoms with E-state index < -0.39 is 125 Å². The number of hydrogen-bond donors (Lipinski definition) is 6. The van der Waals surface area contributed by atoms with Crippen LogP contribution in [0.4, 0.5) is 4.79 Å². The molecule has 0 spiro atoms. The van der Waals surface area contributed by atoms with Gasteiger partial charge >= 0.3 is 18.0 Å². The minimum Gasteiger partial charge on any atom is -0.477 e. The maximum absolute atomic E-state index is 14.8. The largest absolute Gasteiger partial charge is 0.477 e. The molecule has 24 nitrogen and oxygen atoms in total. The molecular weight excluding hydrogens is 1130 g/mol. The lowest BCUT2D eigenvalue weighted by Gasteiger charge is -2.49. The summed E-state index contributed by atoms with van der Waals surface area (Å²) >= 11 is 0. The molecule has 1 aromatic heterocycles. The van der Waals surface area contributed by atoms with E-state index in [-0.39, 0.29) is 63.3 Å². The first-order valence-corrected chi connectivity index (χ1v) is 31.1. The molecule has 0 saturated carbocycles. The molecule has 3 fully saturated rings. The van der Waals surface area contributed by atoms with E-state index in [1.54, 1.807) is 59.1 Å². The first-order valence-electron chi connectivity index (χ1n) is 31.1. The number of pyridine rings is 1. The van der Waals surface area contributed by atoms with Gasteiger partial charge < -0.3 is 92.7 Å². The van der Waals surface area contributed by atoms with Crippen molar-refractivity contribution >= 4 is 34.6 Å². The fourth-order valence-electron chi connectivity index (χ4n) is 13.3. The Labute approximate surface area is 513 Å². The summed E-state index contributed by atoms with van der Waals surface area (Å²) in [5.41, 5.74) is -4.17. The maximum atomic E-state index is 14.8. The Morgan fingerprint density at radius 3 is 2.22 bits per heavy atom. The number of aryl methyl sites for hydroxylation is 1. The average molecular weight is 1230 g/mol. The number of aromatic carboxylic acids is 1. The van der Waals surface area contributed by atoms with Gasteiger partial charge in [-0.1, -0.05) is 52.8 Å². The number of hydrogen-bond acceptors (Lipinski definition) is 21. The number of cyclic esters (lactones) is 1. The van der Waals surface area contributed by atoms with Gasteiger partial charge in [0.15, 0.2) is 18.7 Å². The first-order chi connectivity index (χ1) is 40.8. The standard InChI is InChI=1S/C63H103N5O19/c1-18-46-63(14,77)53(71)37(6)48(65-81-27-24-67(19-2)20-3)35(4)31-61(12,76)54(86-58-51(70)45(66(15)16)28-36(5)82-58)38(7)52(39(8)57(74)84-46)85-47-32-62(13,78-17)55(40(9)83-47)87-59(75)64-23-26-79-25-21-22-41-29-42-34-80-60(10,11)68-33-44(56(72)73)50(69)43(30-41)49(42)68/h29-30,33,35-40,45-47,51-55,58,70-71,76-77H,18-28,31-32,34H2,1-17H3,(H,64,75)(H,72,73)/b65-48+/t35-,36+,37+,38+,39-,40+,45-,46-,47+,51+,52+,53-,54-,55+,58-,61-,62-,63-/m1/s1. The van der Waals surface area contributed by atoms with Gasteiger partial charge in [-0.2, -0.15) is 0 Å². The van der Waals surface area contributed by atoms with Crippen LogP contribution >= 0.6 is 0 Å². The molecule has 494 valence electrons. The Morgan fingerprint density at radius 1 is 0.897 bits per heavy atom. The fourth-order valence-corrected chi connectivity index (χ4v) is 13.3. The second-order valence-corrected chi connectivity index (χ2v) is 25.9. The lowest BCUT2D eigenvalue weighted by molar-refractivity contribution is -0.317. The summed E-state index contributed by atoms with van der Waals surface area (Å²) in [6, 6.07) is 3.32. The molecule has 1 aromatic carbocycles. The number of rotatable bonds is 22. The lowest BCUT2D eigenvalue weighted by atomic mass is 9.73. The van der Waals surface area contributed by atoms with Crippen LogP contribution in [-0.2, 0) is 71.0 Å². The number of nitrogens with zero attached hydrogens (tertiary/aromatic N) is 4. The molecular formula is C63H103N5O19. The number of benzene rings is 1. The van der Waals surface area contributed by atoms with Crippen molar-refractivity contribution in [3.63, 3.8) is 0 Å². The number of carbonyl (C=O) groups is 3. The zero-order chi connectivity index (χ0) is 64.7. The summed E-state index contributed by atoms with van der Waals surface area (Å²) in [4.78, 5) is 63.6. The smallest absolute Gasteiger partial charge is 0.407 e. The molecule has 0 aliphatic carbocycles. The van der Waals surface area contributed by atoms with Crippen molar-refractivity contribution in [1.82, 2.24) is 19.7 Å². The Bertz CT molecular complexity index is 2720. The van der Waals surface area contributed by atoms with Crippen LogP contribution in [0.25, 0.3) is 10.9 Å². The number of likely N-dealkylation sites (N-methyl/N-ethyl adjacent to an activating group) is 2. The molecule has 6 N–H and O–H groups in total. The molecule has 5 heterocycles. The molecule has 87 heavy (non-hydrogen) atoms. The summed E-state index contributed by atoms with van der Waals surface area (Å²) in [5.74, 6) is -5.66. The third kappa shape index (κ3) is 16.8. The molecule has 2 aromatic rings. The van der Waals surface area contributed by atoms with Crippen molar-refractivity contribution in [3.8, 4) is 0 Å². The number of carboxylic acids is 1. The van der Waals surface area contributed by atoms with Crippen LogP contribution < -0.4 is 10.7 Å². The number of carboxylic acid groups (broad SMARTS) is 1. The highest BCUT2D eigenvalue weighted by molar-refractivity contribution is 5.94. The first kappa shape index (κ1) is 71.7. The molecule has 0 unspecified atom stereocenters. The summed E-state index contributed by atoms with van der Waals surface area (Å²) < 4.78 is 58.6. The molecule has 4 aliphatic rings. The van der Waals surface area contributed by atoms with Crippen LogP contribution in [0.1, 0.15) is 151 Å². The van der Waals surface area contributed by atoms with Crippen molar-refractivity contribution in [2.24, 2.45) is 28.8 Å². The predicted molar refractivity (Wildman–Crippen MR) is 323 cm³/mol. The van der Waals surface area contributed by atoms with E-state index in [9.17, 15) is 44.7 Å². The zero-order valence-corrected chi connectivity index (χ0v) is 54.5. The van der Waals surface area contributed by atoms with Gasteiger partial charge in [0, 0.05) is 74.2 Å². The zero-order valence-electron chi connectivity index (χ0n) is 54.5. The van der Waals surface area contributed by atoms with Crippen molar-refractivity contribution in [1.29, 1.82) is 0 Å². The SMILES string of the molecule is CC[C@H]1OC(=O)[C@H](C)[C@@H](O[C@H]2C[C@@](C)(OC)[C@@H](OC(=O)NCCOCCCc3cc4c5c(c3)c(=O)c(C(=O)O)cn5C(C)(C)OC4)[C@H](C)O2)[C@H](C)[C@@H](O[C@H]2O[C@@H](C)C[C@@H](N(C)C)[C@@H]2O)[C@](C)(O)C[C@@H](C)/C(=N\OCCN(CC)CC)[C@H](C)[C@@H](O)[C@]1(C)O. The Morgan fingerprint density at radius 2 is 1.59 bits per heavy atom. The van der Waals surface area contributed by atoms with E-state index in [4.69, 9.17) is 47.5 Å². The van der Waals surface area contributed by atoms with Crippen molar-refractivity contribution in [2.75, 3.05) is 67.2 Å². The van der Waals surface area contributed by atoms with Gasteiger partial charge in [0.1, 0.15) is 41.3 Å². The van der Waals surface area contributed by atoms with E-state index in [1.807, 2.05) is 66.6 Å². The Balaban J connectivity index is 1.19. The summed E-state index contributed by atoms with van der Waals surface area (Å²) in [5, 5.41) is 66.9. The highest BCUT2D eigenvalue weighted by Crippen LogP contribution is 2.42. The molecule has 4 aliphatic heterocycles. The Kier molecular flexibility index (Phi) is 24.8. The number of aliphatic hydroxyl groups is 4. The molecule has 18 atom stereocenters. The minimum absolute atomic E-state index is 0.0175. The van der Waals surface area contributed by atoms with Crippen LogP contribution in [0.5, 0.6) is 0 Å². The second kappa shape index (κ2) is 30.1. The number of esters is 1. The van der Waals surface area contributed by atoms with E-state index in [1.165, 1.54) is 20.2 Å². The van der Waals surface area contributed by atoms with Gasteiger partial charge in [0.25, 0.3) is 0 Å². The molecule has 3 saturated heterocycles. The van der Waals surface area contributed by atoms with E-state index in [0.717, 1.165) is 24.2 Å². The van der Waals surface area contributed by atoms with Gasteiger partial charge in [-0.3, -0.25) is 9.59 Å². The van der Waals surface area contributed by atoms with Gasteiger partial charge in [0.05, 0.1) is 66.5 Å². The third-order valence-corrected chi connectivity index (χ3v) is 18.5. The maximum Gasteiger partial charge on any atom is 0.407 e. The topological polar surface area (TPSA) is 298 Å². The van der Waals surface area contributed by atoms with E-state index in [2.05, 4.69) is 15.4 Å². The quantitative estimate of drug-likeness (QED) is 0.0478. The average Bonchev–Trinajstić information content (AvgIpc) is 1.55. The van der Waals surface area contributed by atoms with Crippen molar-refractivity contribution in [3.05, 3.63) is 45.2 Å². The number of nitrogens with one attached hydrogen (secondary N) is 1. The van der Waals surface area contributed by atoms with Crippen LogP contribution in [0, 0.1) is 23.7 Å². The van der Waals surface area contributed by atoms with Crippen LogP contribution in [0.15, 0.2) is 28.3 Å². The van der Waals surface area contributed by atoms with Crippen LogP contribution in [0.2, 0.25) is 0 Å². The van der Waals surface area contributed by atoms with E-state index in [0.29, 0.717) is 49.0 Å². The molecule has 0 radical (unpaired) electrons. The highest BCUT2D eigenvalue weighted by atomic mass is 16.7. The number of aromatic nitrogens is 1. The molecule has 0 bridgehead atoms. The predicted octanol–water partition coefficient (Wildman–Crippen LogP) is 5.55. The van der Waals surface area contributed by atoms with Crippen LogP contribution in [-0.4, -0.2) is 215 Å².